The average Bonchev–Trinajstić information content (AvgIpc) is 2.71. The van der Waals surface area contributed by atoms with Crippen molar-refractivity contribution in [3.63, 3.8) is 0 Å². The topological polar surface area (TPSA) is 63.4 Å². The van der Waals surface area contributed by atoms with Gasteiger partial charge in [0.15, 0.2) is 0 Å². The summed E-state index contributed by atoms with van der Waals surface area (Å²) in [6.45, 7) is 3.42. The molecule has 0 unspecified atom stereocenters. The van der Waals surface area contributed by atoms with Crippen molar-refractivity contribution < 1.29 is 9.59 Å². The van der Waals surface area contributed by atoms with Crippen LogP contribution in [0.15, 0.2) is 30.3 Å². The Kier molecular flexibility index (Phi) is 7.21. The average molecular weight is 381 g/mol. The van der Waals surface area contributed by atoms with Crippen molar-refractivity contribution >= 4 is 22.6 Å². The first-order valence-corrected chi connectivity index (χ1v) is 10.8. The summed E-state index contributed by atoms with van der Waals surface area (Å²) < 4.78 is 0. The molecule has 2 amide bonds. The van der Waals surface area contributed by atoms with Crippen LogP contribution in [0.1, 0.15) is 84.6 Å². The number of amides is 2. The molecule has 1 aliphatic heterocycles. The third-order valence-electron chi connectivity index (χ3n) is 5.72. The molecule has 1 aliphatic rings. The highest BCUT2D eigenvalue weighted by Crippen LogP contribution is 2.33. The minimum atomic E-state index is -0.139. The fourth-order valence-corrected chi connectivity index (χ4v) is 4.14. The van der Waals surface area contributed by atoms with Gasteiger partial charge in [0.2, 0.25) is 0 Å². The molecule has 4 heteroatoms. The maximum Gasteiger partial charge on any atom is 0.261 e. The number of carbonyl (C=O) groups excluding carboxylic acids is 2. The minimum absolute atomic E-state index is 0.139. The fourth-order valence-electron chi connectivity index (χ4n) is 4.14. The second-order valence-corrected chi connectivity index (χ2v) is 7.78. The summed E-state index contributed by atoms with van der Waals surface area (Å²) in [5, 5.41) is 1.91. The third-order valence-corrected chi connectivity index (χ3v) is 5.72. The Morgan fingerprint density at radius 3 is 2.29 bits per heavy atom. The molecule has 0 radical (unpaired) electrons. The highest BCUT2D eigenvalue weighted by Gasteiger charge is 2.32. The van der Waals surface area contributed by atoms with Crippen LogP contribution in [0.4, 0.5) is 0 Å². The first-order chi connectivity index (χ1) is 13.7. The van der Waals surface area contributed by atoms with Gasteiger partial charge >= 0.3 is 0 Å². The molecule has 28 heavy (non-hydrogen) atoms. The summed E-state index contributed by atoms with van der Waals surface area (Å²) in [6, 6.07) is 9.87. The highest BCUT2D eigenvalue weighted by molar-refractivity contribution is 6.25. The van der Waals surface area contributed by atoms with Crippen LogP contribution in [0.2, 0.25) is 0 Å². The Balaban J connectivity index is 1.83. The van der Waals surface area contributed by atoms with E-state index in [4.69, 9.17) is 5.73 Å². The largest absolute Gasteiger partial charge is 0.330 e. The molecule has 2 N–H and O–H groups in total. The van der Waals surface area contributed by atoms with Crippen LogP contribution in [0.5, 0.6) is 0 Å². The molecule has 0 fully saturated rings. The second-order valence-electron chi connectivity index (χ2n) is 7.78. The summed E-state index contributed by atoms with van der Waals surface area (Å²) in [4.78, 5) is 27.5. The SMILES string of the molecule is CCCCCCN1C(=O)c2cccc3c(CCCCCCN)ccc(c23)C1=O. The number of unbranched alkanes of at least 4 members (excludes halogenated alkanes) is 6. The molecule has 3 rings (SSSR count). The van der Waals surface area contributed by atoms with E-state index in [1.54, 1.807) is 0 Å². The van der Waals surface area contributed by atoms with Gasteiger partial charge in [-0.15, -0.1) is 0 Å². The number of nitrogens with zero attached hydrogens (tertiary/aromatic N) is 1. The normalized spacial score (nSPS) is 13.6. The molecule has 0 aliphatic carbocycles. The summed E-state index contributed by atoms with van der Waals surface area (Å²) in [6.07, 6.45) is 9.64. The Morgan fingerprint density at radius 1 is 0.821 bits per heavy atom. The van der Waals surface area contributed by atoms with Crippen molar-refractivity contribution in [3.05, 3.63) is 47.0 Å². The molecule has 1 heterocycles. The van der Waals surface area contributed by atoms with E-state index in [1.165, 1.54) is 10.5 Å². The lowest BCUT2D eigenvalue weighted by Crippen LogP contribution is -2.40. The van der Waals surface area contributed by atoms with Crippen LogP contribution in [0.25, 0.3) is 10.8 Å². The molecular weight excluding hydrogens is 348 g/mol. The molecule has 0 bridgehead atoms. The van der Waals surface area contributed by atoms with Crippen LogP contribution in [-0.2, 0) is 6.42 Å². The van der Waals surface area contributed by atoms with Crippen molar-refractivity contribution in [2.45, 2.75) is 64.7 Å². The zero-order chi connectivity index (χ0) is 19.9. The third kappa shape index (κ3) is 4.27. The summed E-state index contributed by atoms with van der Waals surface area (Å²) in [7, 11) is 0. The van der Waals surface area contributed by atoms with Crippen LogP contribution >= 0.6 is 0 Å². The predicted molar refractivity (Wildman–Crippen MR) is 115 cm³/mol. The van der Waals surface area contributed by atoms with Gasteiger partial charge in [-0.25, -0.2) is 0 Å². The number of hydrogen-bond donors (Lipinski definition) is 1. The van der Waals surface area contributed by atoms with Crippen LogP contribution in [0, 0.1) is 0 Å². The molecule has 150 valence electrons. The molecule has 0 saturated heterocycles. The maximum absolute atomic E-state index is 13.0. The van der Waals surface area contributed by atoms with E-state index in [0.717, 1.165) is 75.1 Å². The van der Waals surface area contributed by atoms with Crippen LogP contribution in [-0.4, -0.2) is 29.8 Å². The summed E-state index contributed by atoms with van der Waals surface area (Å²) in [5.41, 5.74) is 8.14. The standard InChI is InChI=1S/C24H32N2O2/c1-2-3-4-9-17-26-23(27)20-13-10-12-19-18(11-7-5-6-8-16-25)14-15-21(22(19)20)24(26)28/h10,12-15H,2-9,11,16-17,25H2,1H3. The molecule has 0 saturated carbocycles. The first kappa shape index (κ1) is 20.5. The van der Waals surface area contributed by atoms with Crippen molar-refractivity contribution in [1.29, 1.82) is 0 Å². The van der Waals surface area contributed by atoms with Gasteiger partial charge in [0.1, 0.15) is 0 Å². The molecule has 2 aromatic rings. The molecule has 0 spiro atoms. The number of aryl methyl sites for hydroxylation is 1. The van der Waals surface area contributed by atoms with E-state index in [1.807, 2.05) is 18.2 Å². The molecule has 0 aromatic heterocycles. The van der Waals surface area contributed by atoms with Gasteiger partial charge in [-0.05, 0) is 55.3 Å². The zero-order valence-electron chi connectivity index (χ0n) is 17.0. The van der Waals surface area contributed by atoms with E-state index in [9.17, 15) is 9.59 Å². The Hall–Kier alpha value is -2.20. The Morgan fingerprint density at radius 2 is 1.54 bits per heavy atom. The van der Waals surface area contributed by atoms with Gasteiger partial charge in [-0.1, -0.05) is 57.2 Å². The monoisotopic (exact) mass is 380 g/mol. The van der Waals surface area contributed by atoms with Crippen LogP contribution < -0.4 is 5.73 Å². The van der Waals surface area contributed by atoms with Gasteiger partial charge < -0.3 is 5.73 Å². The van der Waals surface area contributed by atoms with Crippen molar-refractivity contribution in [3.8, 4) is 0 Å². The predicted octanol–water partition coefficient (Wildman–Crippen LogP) is 5.08. The number of rotatable bonds is 11. The highest BCUT2D eigenvalue weighted by atomic mass is 16.2. The van der Waals surface area contributed by atoms with Crippen LogP contribution in [0.3, 0.4) is 0 Å². The smallest absolute Gasteiger partial charge is 0.261 e. The van der Waals surface area contributed by atoms with Gasteiger partial charge in [0.25, 0.3) is 11.8 Å². The maximum atomic E-state index is 13.0. The second kappa shape index (κ2) is 9.83. The lowest BCUT2D eigenvalue weighted by atomic mass is 9.89. The Labute approximate surface area is 168 Å². The van der Waals surface area contributed by atoms with Gasteiger partial charge in [0.05, 0.1) is 0 Å². The van der Waals surface area contributed by atoms with Crippen molar-refractivity contribution in [1.82, 2.24) is 4.90 Å². The Bertz CT molecular complexity index is 822. The quantitative estimate of drug-likeness (QED) is 0.437. The van der Waals surface area contributed by atoms with Gasteiger partial charge in [-0.3, -0.25) is 14.5 Å². The van der Waals surface area contributed by atoms with E-state index in [-0.39, 0.29) is 11.8 Å². The number of benzene rings is 2. The van der Waals surface area contributed by atoms with Gasteiger partial charge in [-0.2, -0.15) is 0 Å². The molecular formula is C24H32N2O2. The number of carbonyl (C=O) groups is 2. The minimum Gasteiger partial charge on any atom is -0.330 e. The number of imide groups is 1. The lowest BCUT2D eigenvalue weighted by Gasteiger charge is -2.28. The van der Waals surface area contributed by atoms with E-state index in [0.29, 0.717) is 17.7 Å². The summed E-state index contributed by atoms with van der Waals surface area (Å²) in [5.74, 6) is -0.278. The van der Waals surface area contributed by atoms with E-state index < -0.39 is 0 Å². The first-order valence-electron chi connectivity index (χ1n) is 10.8. The van der Waals surface area contributed by atoms with E-state index >= 15 is 0 Å². The van der Waals surface area contributed by atoms with Crippen molar-refractivity contribution in [2.24, 2.45) is 5.73 Å². The fraction of sp³-hybridized carbons (Fsp3) is 0.500. The molecule has 2 aromatic carbocycles. The number of hydrogen-bond acceptors (Lipinski definition) is 3. The molecule has 4 nitrogen and oxygen atoms in total. The van der Waals surface area contributed by atoms with Gasteiger partial charge in [0, 0.05) is 23.1 Å². The summed E-state index contributed by atoms with van der Waals surface area (Å²) >= 11 is 0. The van der Waals surface area contributed by atoms with E-state index in [2.05, 4.69) is 19.1 Å². The zero-order valence-corrected chi connectivity index (χ0v) is 17.0. The number of nitrogens with two attached hydrogens (primary N) is 1. The lowest BCUT2D eigenvalue weighted by molar-refractivity contribution is 0.0608. The molecule has 0 atom stereocenters. The van der Waals surface area contributed by atoms with Crippen molar-refractivity contribution in [2.75, 3.05) is 13.1 Å².